The quantitative estimate of drug-likeness (QED) is 0.640. The monoisotopic (exact) mass is 439 g/mol. The molecule has 1 fully saturated rings. The molecule has 31 heavy (non-hydrogen) atoms. The highest BCUT2D eigenvalue weighted by Crippen LogP contribution is 2.21. The lowest BCUT2D eigenvalue weighted by atomic mass is 10.0. The molecule has 1 aliphatic heterocycles. The maximum atomic E-state index is 12.8. The smallest absolute Gasteiger partial charge is 0.270 e. The van der Waals surface area contributed by atoms with Crippen molar-refractivity contribution in [3.8, 4) is 11.1 Å². The molecule has 0 radical (unpaired) electrons. The average molecular weight is 440 g/mol. The molecule has 2 aromatic carbocycles. The van der Waals surface area contributed by atoms with Gasteiger partial charge in [-0.25, -0.2) is 8.42 Å². The molecule has 1 amide bonds. The number of nitrogens with one attached hydrogen (secondary N) is 1. The summed E-state index contributed by atoms with van der Waals surface area (Å²) >= 11 is 0. The van der Waals surface area contributed by atoms with Gasteiger partial charge in [-0.3, -0.25) is 4.79 Å². The van der Waals surface area contributed by atoms with Gasteiger partial charge in [0.25, 0.3) is 5.91 Å². The summed E-state index contributed by atoms with van der Waals surface area (Å²) in [4.78, 5) is 17.3. The summed E-state index contributed by atoms with van der Waals surface area (Å²) in [5, 5.41) is 0. The second-order valence-corrected chi connectivity index (χ2v) is 9.43. The van der Waals surface area contributed by atoms with Crippen LogP contribution in [0.2, 0.25) is 0 Å². The summed E-state index contributed by atoms with van der Waals surface area (Å²) in [6.07, 6.45) is 1.38. The Bertz CT molecular complexity index is 1140. The predicted molar refractivity (Wildman–Crippen MR) is 118 cm³/mol. The van der Waals surface area contributed by atoms with Gasteiger partial charge in [-0.2, -0.15) is 4.31 Å². The number of H-pyrrole nitrogens is 1. The van der Waals surface area contributed by atoms with E-state index in [9.17, 15) is 13.2 Å². The van der Waals surface area contributed by atoms with Crippen LogP contribution < -0.4 is 0 Å². The molecule has 1 aliphatic rings. The van der Waals surface area contributed by atoms with E-state index in [-0.39, 0.29) is 16.5 Å². The lowest BCUT2D eigenvalue weighted by Crippen LogP contribution is -2.40. The van der Waals surface area contributed by atoms with Gasteiger partial charge < -0.3 is 14.6 Å². The highest BCUT2D eigenvalue weighted by atomic mass is 32.2. The Balaban J connectivity index is 1.43. The van der Waals surface area contributed by atoms with E-state index >= 15 is 0 Å². The third-order valence-corrected chi connectivity index (χ3v) is 7.20. The normalized spacial score (nSPS) is 15.0. The van der Waals surface area contributed by atoms with E-state index in [2.05, 4.69) is 17.1 Å². The van der Waals surface area contributed by atoms with Gasteiger partial charge in [-0.15, -0.1) is 0 Å². The van der Waals surface area contributed by atoms with E-state index < -0.39 is 10.0 Å². The third-order valence-electron chi connectivity index (χ3n) is 5.32. The first-order valence-electron chi connectivity index (χ1n) is 10.1. The van der Waals surface area contributed by atoms with Crippen molar-refractivity contribution in [2.24, 2.45) is 0 Å². The van der Waals surface area contributed by atoms with E-state index in [0.717, 1.165) is 16.7 Å². The summed E-state index contributed by atoms with van der Waals surface area (Å²) < 4.78 is 32.1. The molecule has 0 unspecified atom stereocenters. The van der Waals surface area contributed by atoms with Crippen LogP contribution in [-0.2, 0) is 21.3 Å². The fraction of sp³-hybridized carbons (Fsp3) is 0.261. The van der Waals surface area contributed by atoms with Crippen molar-refractivity contribution >= 4 is 15.9 Å². The van der Waals surface area contributed by atoms with Crippen LogP contribution in [-0.4, -0.2) is 61.9 Å². The number of morpholine rings is 1. The first kappa shape index (κ1) is 21.3. The number of carbonyl (C=O) groups is 1. The first-order chi connectivity index (χ1) is 14.9. The Labute approximate surface area is 182 Å². The molecule has 0 atom stereocenters. The molecule has 0 saturated carbocycles. The first-order valence-corrected chi connectivity index (χ1v) is 11.6. The number of ether oxygens (including phenoxy) is 1. The Morgan fingerprint density at radius 1 is 1.03 bits per heavy atom. The van der Waals surface area contributed by atoms with Gasteiger partial charge in [0.15, 0.2) is 0 Å². The second kappa shape index (κ2) is 9.05. The Morgan fingerprint density at radius 3 is 2.35 bits per heavy atom. The van der Waals surface area contributed by atoms with E-state index in [4.69, 9.17) is 4.74 Å². The van der Waals surface area contributed by atoms with Crippen molar-refractivity contribution in [1.82, 2.24) is 14.2 Å². The molecule has 162 valence electrons. The minimum atomic E-state index is -3.64. The number of sulfonamides is 1. The number of hydrogen-bond donors (Lipinski definition) is 1. The number of aromatic nitrogens is 1. The number of rotatable bonds is 6. The highest BCUT2D eigenvalue weighted by molar-refractivity contribution is 7.89. The molecular weight excluding hydrogens is 414 g/mol. The lowest BCUT2D eigenvalue weighted by Gasteiger charge is -2.25. The van der Waals surface area contributed by atoms with Crippen LogP contribution in [0.1, 0.15) is 16.1 Å². The van der Waals surface area contributed by atoms with Crippen molar-refractivity contribution in [1.29, 1.82) is 0 Å². The molecule has 3 aromatic rings. The molecule has 8 heteroatoms. The molecule has 1 N–H and O–H groups in total. The van der Waals surface area contributed by atoms with E-state index in [1.807, 2.05) is 42.5 Å². The number of hydrogen-bond acceptors (Lipinski definition) is 4. The van der Waals surface area contributed by atoms with Gasteiger partial charge >= 0.3 is 0 Å². The zero-order chi connectivity index (χ0) is 21.8. The highest BCUT2D eigenvalue weighted by Gasteiger charge is 2.28. The third kappa shape index (κ3) is 4.71. The SMILES string of the molecule is CN(Cc1ccc(-c2ccccc2)cc1)C(=O)c1cc(S(=O)(=O)N2CCOCC2)c[nH]1. The summed E-state index contributed by atoms with van der Waals surface area (Å²) in [6.45, 7) is 1.80. The second-order valence-electron chi connectivity index (χ2n) is 7.49. The van der Waals surface area contributed by atoms with Gasteiger partial charge in [0.05, 0.1) is 13.2 Å². The van der Waals surface area contributed by atoms with Crippen LogP contribution >= 0.6 is 0 Å². The summed E-state index contributed by atoms with van der Waals surface area (Å²) in [6, 6.07) is 19.5. The van der Waals surface area contributed by atoms with E-state index in [1.165, 1.54) is 16.6 Å². The molecule has 0 aliphatic carbocycles. The predicted octanol–water partition coefficient (Wildman–Crippen LogP) is 2.97. The number of aromatic amines is 1. The number of benzene rings is 2. The van der Waals surface area contributed by atoms with Crippen LogP contribution in [0.25, 0.3) is 11.1 Å². The minimum Gasteiger partial charge on any atom is -0.379 e. The van der Waals surface area contributed by atoms with Crippen molar-refractivity contribution in [3.63, 3.8) is 0 Å². The van der Waals surface area contributed by atoms with Gasteiger partial charge in [-0.05, 0) is 22.8 Å². The Morgan fingerprint density at radius 2 is 1.68 bits per heavy atom. The average Bonchev–Trinajstić information content (AvgIpc) is 3.31. The molecule has 2 heterocycles. The van der Waals surface area contributed by atoms with Gasteiger partial charge in [-0.1, -0.05) is 54.6 Å². The topological polar surface area (TPSA) is 82.7 Å². The molecule has 1 saturated heterocycles. The maximum absolute atomic E-state index is 12.8. The van der Waals surface area contributed by atoms with Gasteiger partial charge in [0.2, 0.25) is 10.0 Å². The lowest BCUT2D eigenvalue weighted by molar-refractivity contribution is 0.0730. The minimum absolute atomic E-state index is 0.0957. The van der Waals surface area contributed by atoms with Gasteiger partial charge in [0.1, 0.15) is 10.6 Å². The van der Waals surface area contributed by atoms with Gasteiger partial charge in [0, 0.05) is 32.9 Å². The standard InChI is InChI=1S/C23H25N3O4S/c1-25(17-18-7-9-20(10-8-18)19-5-3-2-4-6-19)23(27)22-15-21(16-24-22)31(28,29)26-11-13-30-14-12-26/h2-10,15-16,24H,11-14,17H2,1H3. The molecule has 7 nitrogen and oxygen atoms in total. The largest absolute Gasteiger partial charge is 0.379 e. The van der Waals surface area contributed by atoms with Crippen LogP contribution in [0.4, 0.5) is 0 Å². The van der Waals surface area contributed by atoms with Crippen LogP contribution in [0.5, 0.6) is 0 Å². The van der Waals surface area contributed by atoms with Crippen LogP contribution in [0, 0.1) is 0 Å². The van der Waals surface area contributed by atoms with Crippen molar-refractivity contribution in [2.45, 2.75) is 11.4 Å². The van der Waals surface area contributed by atoms with Crippen LogP contribution in [0.15, 0.2) is 71.8 Å². The molecule has 1 aromatic heterocycles. The fourth-order valence-electron chi connectivity index (χ4n) is 3.57. The van der Waals surface area contributed by atoms with Crippen molar-refractivity contribution < 1.29 is 17.9 Å². The molecule has 0 spiro atoms. The molecule has 4 rings (SSSR count). The number of carbonyl (C=O) groups excluding carboxylic acids is 1. The number of amides is 1. The van der Waals surface area contributed by atoms with E-state index in [0.29, 0.717) is 32.8 Å². The van der Waals surface area contributed by atoms with Crippen molar-refractivity contribution in [2.75, 3.05) is 33.4 Å². The molecular formula is C23H25N3O4S. The maximum Gasteiger partial charge on any atom is 0.270 e. The van der Waals surface area contributed by atoms with Crippen LogP contribution in [0.3, 0.4) is 0 Å². The molecule has 0 bridgehead atoms. The summed E-state index contributed by atoms with van der Waals surface area (Å²) in [5.74, 6) is -0.268. The zero-order valence-electron chi connectivity index (χ0n) is 17.3. The zero-order valence-corrected chi connectivity index (χ0v) is 18.1. The number of nitrogens with zero attached hydrogens (tertiary/aromatic N) is 2. The summed E-state index contributed by atoms with van der Waals surface area (Å²) in [5.41, 5.74) is 3.48. The Hall–Kier alpha value is -2.94. The van der Waals surface area contributed by atoms with Crippen molar-refractivity contribution in [3.05, 3.63) is 78.1 Å². The fourth-order valence-corrected chi connectivity index (χ4v) is 4.97. The van der Waals surface area contributed by atoms with E-state index in [1.54, 1.807) is 11.9 Å². The Kier molecular flexibility index (Phi) is 6.22. The summed E-state index contributed by atoms with van der Waals surface area (Å²) in [7, 11) is -1.94.